The van der Waals surface area contributed by atoms with Gasteiger partial charge >= 0.3 is 5.97 Å². The minimum atomic E-state index is -0.405. The van der Waals surface area contributed by atoms with Crippen LogP contribution in [0.5, 0.6) is 0 Å². The summed E-state index contributed by atoms with van der Waals surface area (Å²) in [6, 6.07) is 17.3. The largest absolute Gasteiger partial charge is 0.456 e. The summed E-state index contributed by atoms with van der Waals surface area (Å²) in [6.07, 6.45) is 0.440. The molecule has 0 aliphatic heterocycles. The predicted molar refractivity (Wildman–Crippen MR) is 111 cm³/mol. The summed E-state index contributed by atoms with van der Waals surface area (Å²) in [5, 5.41) is 8.81. The monoisotopic (exact) mass is 396 g/mol. The van der Waals surface area contributed by atoms with Crippen molar-refractivity contribution in [3.63, 3.8) is 0 Å². The van der Waals surface area contributed by atoms with Crippen molar-refractivity contribution >= 4 is 29.3 Å². The summed E-state index contributed by atoms with van der Waals surface area (Å²) in [5.74, 6) is -0.151. The molecule has 0 aliphatic carbocycles. The minimum absolute atomic E-state index is 0.210. The molecule has 0 unspecified atom stereocenters. The highest BCUT2D eigenvalue weighted by atomic mass is 32.2. The maximum atomic E-state index is 12.5. The fourth-order valence-electron chi connectivity index (χ4n) is 2.52. The normalized spacial score (nSPS) is 10.2. The van der Waals surface area contributed by atoms with Crippen molar-refractivity contribution in [2.75, 3.05) is 23.8 Å². The second-order valence-electron chi connectivity index (χ2n) is 6.29. The van der Waals surface area contributed by atoms with Crippen molar-refractivity contribution in [3.05, 3.63) is 59.7 Å². The van der Waals surface area contributed by atoms with E-state index in [0.717, 1.165) is 4.90 Å². The lowest BCUT2D eigenvalue weighted by atomic mass is 10.1. The molecule has 0 atom stereocenters. The molecule has 28 heavy (non-hydrogen) atoms. The Hall–Kier alpha value is -2.78. The highest BCUT2D eigenvalue weighted by molar-refractivity contribution is 7.99. The molecule has 2 rings (SSSR count). The zero-order chi connectivity index (χ0) is 20.4. The molecule has 146 valence electrons. The Morgan fingerprint density at radius 3 is 2.54 bits per heavy atom. The molecule has 0 spiro atoms. The number of nitrogens with zero attached hydrogens (tertiary/aromatic N) is 2. The van der Waals surface area contributed by atoms with Gasteiger partial charge in [-0.05, 0) is 49.2 Å². The van der Waals surface area contributed by atoms with E-state index in [0.29, 0.717) is 11.4 Å². The molecule has 0 aromatic heterocycles. The van der Waals surface area contributed by atoms with E-state index in [9.17, 15) is 9.59 Å². The molecule has 0 bridgehead atoms. The van der Waals surface area contributed by atoms with Crippen LogP contribution in [0.4, 0.5) is 5.69 Å². The average molecular weight is 397 g/mol. The van der Waals surface area contributed by atoms with E-state index < -0.39 is 5.97 Å². The highest BCUT2D eigenvalue weighted by Crippen LogP contribution is 2.22. The first kappa shape index (κ1) is 21.5. The van der Waals surface area contributed by atoms with Gasteiger partial charge in [0.1, 0.15) is 0 Å². The van der Waals surface area contributed by atoms with Gasteiger partial charge in [0.2, 0.25) is 0 Å². The Kier molecular flexibility index (Phi) is 8.57. The lowest BCUT2D eigenvalue weighted by Crippen LogP contribution is -2.35. The molecule has 0 heterocycles. The number of para-hydroxylation sites is 1. The molecular formula is C22H24N2O3S. The van der Waals surface area contributed by atoms with Crippen molar-refractivity contribution in [1.29, 1.82) is 5.26 Å². The average Bonchev–Trinajstić information content (AvgIpc) is 2.70. The Morgan fingerprint density at radius 2 is 1.86 bits per heavy atom. The zero-order valence-electron chi connectivity index (χ0n) is 16.2. The van der Waals surface area contributed by atoms with Crippen molar-refractivity contribution in [3.8, 4) is 6.07 Å². The highest BCUT2D eigenvalue weighted by Gasteiger charge is 2.17. The molecule has 6 heteroatoms. The van der Waals surface area contributed by atoms with Crippen LogP contribution in [-0.4, -0.2) is 30.8 Å². The number of hydrogen-bond donors (Lipinski definition) is 0. The van der Waals surface area contributed by atoms with E-state index >= 15 is 0 Å². The second-order valence-corrected chi connectivity index (χ2v) is 7.46. The second kappa shape index (κ2) is 11.2. The van der Waals surface area contributed by atoms with E-state index in [4.69, 9.17) is 10.00 Å². The molecule has 0 aliphatic rings. The summed E-state index contributed by atoms with van der Waals surface area (Å²) >= 11 is 1.59. The fourth-order valence-corrected chi connectivity index (χ4v) is 3.44. The van der Waals surface area contributed by atoms with Gasteiger partial charge in [-0.2, -0.15) is 5.26 Å². The number of carbonyl (C=O) groups excluding carboxylic acids is 2. The Balaban J connectivity index is 1.80. The van der Waals surface area contributed by atoms with Gasteiger partial charge < -0.3 is 9.64 Å². The molecule has 0 saturated heterocycles. The topological polar surface area (TPSA) is 70.4 Å². The maximum Gasteiger partial charge on any atom is 0.307 e. The van der Waals surface area contributed by atoms with Crippen LogP contribution in [0.25, 0.3) is 0 Å². The molecule has 0 radical (unpaired) electrons. The van der Waals surface area contributed by atoms with Crippen LogP contribution in [-0.2, 0) is 14.3 Å². The Bertz CT molecular complexity index is 847. The lowest BCUT2D eigenvalue weighted by Gasteiger charge is -2.21. The molecule has 2 aromatic carbocycles. The van der Waals surface area contributed by atoms with Crippen LogP contribution in [0.2, 0.25) is 0 Å². The van der Waals surface area contributed by atoms with Gasteiger partial charge in [0.05, 0.1) is 18.9 Å². The molecule has 5 nitrogen and oxygen atoms in total. The molecule has 0 fully saturated rings. The smallest absolute Gasteiger partial charge is 0.307 e. The molecular weight excluding hydrogens is 372 g/mol. The van der Waals surface area contributed by atoms with Gasteiger partial charge in [-0.15, -0.1) is 11.8 Å². The van der Waals surface area contributed by atoms with Gasteiger partial charge in [0.15, 0.2) is 6.61 Å². The Morgan fingerprint density at radius 1 is 1.11 bits per heavy atom. The van der Waals surface area contributed by atoms with Crippen LogP contribution >= 0.6 is 11.8 Å². The van der Waals surface area contributed by atoms with Gasteiger partial charge in [0, 0.05) is 22.9 Å². The number of ether oxygens (including phenoxy) is 1. The van der Waals surface area contributed by atoms with Gasteiger partial charge in [0.25, 0.3) is 5.91 Å². The molecule has 0 saturated carbocycles. The molecule has 2 aromatic rings. The quantitative estimate of drug-likeness (QED) is 0.467. The van der Waals surface area contributed by atoms with Crippen molar-refractivity contribution < 1.29 is 14.3 Å². The van der Waals surface area contributed by atoms with E-state index in [-0.39, 0.29) is 31.9 Å². The maximum absolute atomic E-state index is 12.5. The SMILES string of the molecule is Cc1ccc(SCCC(=O)OCC(=O)N(CCC#N)c2ccccc2)cc1C. The zero-order valence-corrected chi connectivity index (χ0v) is 17.0. The first-order valence-electron chi connectivity index (χ1n) is 9.09. The lowest BCUT2D eigenvalue weighted by molar-refractivity contribution is -0.147. The minimum Gasteiger partial charge on any atom is -0.456 e. The van der Waals surface area contributed by atoms with Crippen LogP contribution in [0.3, 0.4) is 0 Å². The first-order valence-corrected chi connectivity index (χ1v) is 10.1. The third-order valence-electron chi connectivity index (χ3n) is 4.23. The number of esters is 1. The number of carbonyl (C=O) groups is 2. The van der Waals surface area contributed by atoms with Crippen LogP contribution in [0.15, 0.2) is 53.4 Å². The van der Waals surface area contributed by atoms with Gasteiger partial charge in [-0.25, -0.2) is 0 Å². The van der Waals surface area contributed by atoms with E-state index in [1.165, 1.54) is 16.0 Å². The number of rotatable bonds is 9. The van der Waals surface area contributed by atoms with Gasteiger partial charge in [-0.1, -0.05) is 24.3 Å². The summed E-state index contributed by atoms with van der Waals surface area (Å²) in [4.78, 5) is 27.0. The van der Waals surface area contributed by atoms with Crippen molar-refractivity contribution in [2.24, 2.45) is 0 Å². The van der Waals surface area contributed by atoms with Crippen molar-refractivity contribution in [2.45, 2.75) is 31.6 Å². The Labute approximate surface area is 170 Å². The van der Waals surface area contributed by atoms with Crippen LogP contribution < -0.4 is 4.90 Å². The number of nitriles is 1. The molecule has 0 N–H and O–H groups in total. The predicted octanol–water partition coefficient (Wildman–Crippen LogP) is 4.28. The summed E-state index contributed by atoms with van der Waals surface area (Å²) in [6.45, 7) is 4.06. The first-order chi connectivity index (χ1) is 13.5. The van der Waals surface area contributed by atoms with Crippen molar-refractivity contribution in [1.82, 2.24) is 0 Å². The van der Waals surface area contributed by atoms with E-state index in [1.54, 1.807) is 23.9 Å². The van der Waals surface area contributed by atoms with Gasteiger partial charge in [-0.3, -0.25) is 9.59 Å². The number of anilines is 1. The molecule has 1 amide bonds. The summed E-state index contributed by atoms with van der Waals surface area (Å²) in [5.41, 5.74) is 3.14. The van der Waals surface area contributed by atoms with Crippen LogP contribution in [0, 0.1) is 25.2 Å². The summed E-state index contributed by atoms with van der Waals surface area (Å²) < 4.78 is 5.14. The third kappa shape index (κ3) is 6.75. The number of thioether (sulfide) groups is 1. The van der Waals surface area contributed by atoms with Crippen LogP contribution in [0.1, 0.15) is 24.0 Å². The number of amides is 1. The van der Waals surface area contributed by atoms with E-state index in [1.807, 2.05) is 30.3 Å². The number of benzene rings is 2. The number of aryl methyl sites for hydroxylation is 2. The fraction of sp³-hybridized carbons (Fsp3) is 0.318. The number of hydrogen-bond acceptors (Lipinski definition) is 5. The third-order valence-corrected chi connectivity index (χ3v) is 5.22. The standard InChI is InChI=1S/C22H24N2O3S/c1-17-9-10-20(15-18(17)2)28-14-11-22(26)27-16-21(25)24(13-6-12-23)19-7-4-3-5-8-19/h3-5,7-10,15H,6,11,13-14,16H2,1-2H3. The summed E-state index contributed by atoms with van der Waals surface area (Å²) in [7, 11) is 0. The van der Waals surface area contributed by atoms with E-state index in [2.05, 4.69) is 26.0 Å².